The molecular weight excluding hydrogens is 263 g/mol. The minimum Gasteiger partial charge on any atom is -0.478 e. The summed E-state index contributed by atoms with van der Waals surface area (Å²) in [6.45, 7) is 2.60. The van der Waals surface area contributed by atoms with E-state index in [2.05, 4.69) is 15.1 Å². The Hall–Kier alpha value is -2.28. The lowest BCUT2D eigenvalue weighted by Gasteiger charge is -2.27. The number of aromatic carboxylic acids is 1. The summed E-state index contributed by atoms with van der Waals surface area (Å²) >= 11 is 0. The molecule has 0 saturated carbocycles. The molecule has 1 aliphatic heterocycles. The zero-order valence-corrected chi connectivity index (χ0v) is 10.7. The third-order valence-corrected chi connectivity index (χ3v) is 3.41. The molecule has 0 aliphatic carbocycles. The first kappa shape index (κ1) is 12.7. The molecule has 7 heteroatoms. The summed E-state index contributed by atoms with van der Waals surface area (Å²) in [5, 5.41) is 16.7. The number of benzene rings is 1. The zero-order valence-electron chi connectivity index (χ0n) is 10.7. The molecule has 3 rings (SSSR count). The molecule has 0 fully saturated rings. The number of rotatable bonds is 3. The van der Waals surface area contributed by atoms with Gasteiger partial charge in [-0.3, -0.25) is 4.90 Å². The third-order valence-electron chi connectivity index (χ3n) is 3.41. The fraction of sp³-hybridized carbons (Fsp3) is 0.308. The van der Waals surface area contributed by atoms with Gasteiger partial charge in [0.15, 0.2) is 0 Å². The summed E-state index contributed by atoms with van der Waals surface area (Å²) in [6.07, 6.45) is 1.69. The van der Waals surface area contributed by atoms with Crippen LogP contribution in [0, 0.1) is 5.82 Å². The van der Waals surface area contributed by atoms with Crippen LogP contribution in [0.2, 0.25) is 0 Å². The molecule has 0 unspecified atom stereocenters. The molecule has 0 saturated heterocycles. The van der Waals surface area contributed by atoms with Crippen LogP contribution in [-0.4, -0.2) is 37.3 Å². The molecule has 1 aromatic heterocycles. The summed E-state index contributed by atoms with van der Waals surface area (Å²) in [7, 11) is 0. The predicted molar refractivity (Wildman–Crippen MR) is 67.5 cm³/mol. The first-order valence-electron chi connectivity index (χ1n) is 6.24. The molecule has 20 heavy (non-hydrogen) atoms. The molecule has 0 bridgehead atoms. The Bertz CT molecular complexity index is 656. The van der Waals surface area contributed by atoms with E-state index in [-0.39, 0.29) is 5.56 Å². The van der Waals surface area contributed by atoms with Crippen molar-refractivity contribution in [2.24, 2.45) is 0 Å². The monoisotopic (exact) mass is 276 g/mol. The SMILES string of the molecule is O=C(O)c1ccc(CN2CCn3cnnc3C2)c(F)c1. The molecular formula is C13H13FN4O2. The lowest BCUT2D eigenvalue weighted by molar-refractivity contribution is 0.0696. The van der Waals surface area contributed by atoms with Crippen LogP contribution in [0.5, 0.6) is 0 Å². The van der Waals surface area contributed by atoms with E-state index in [1.807, 2.05) is 4.57 Å². The van der Waals surface area contributed by atoms with E-state index in [4.69, 9.17) is 5.11 Å². The predicted octanol–water partition coefficient (Wildman–Crippen LogP) is 1.13. The van der Waals surface area contributed by atoms with Gasteiger partial charge in [0.25, 0.3) is 0 Å². The highest BCUT2D eigenvalue weighted by atomic mass is 19.1. The van der Waals surface area contributed by atoms with E-state index in [1.165, 1.54) is 12.1 Å². The van der Waals surface area contributed by atoms with Crippen LogP contribution in [0.15, 0.2) is 24.5 Å². The number of carboxylic acids is 1. The molecule has 6 nitrogen and oxygen atoms in total. The van der Waals surface area contributed by atoms with Crippen LogP contribution >= 0.6 is 0 Å². The largest absolute Gasteiger partial charge is 0.478 e. The molecule has 1 aromatic carbocycles. The Balaban J connectivity index is 1.74. The number of hydrogen-bond acceptors (Lipinski definition) is 4. The molecule has 0 radical (unpaired) electrons. The summed E-state index contributed by atoms with van der Waals surface area (Å²) in [6, 6.07) is 4.01. The normalized spacial score (nSPS) is 15.1. The maximum absolute atomic E-state index is 13.9. The van der Waals surface area contributed by atoms with Gasteiger partial charge in [-0.05, 0) is 12.1 Å². The number of fused-ring (bicyclic) bond motifs is 1. The van der Waals surface area contributed by atoms with Gasteiger partial charge >= 0.3 is 5.97 Å². The zero-order chi connectivity index (χ0) is 14.1. The molecule has 2 heterocycles. The summed E-state index contributed by atoms with van der Waals surface area (Å²) in [4.78, 5) is 12.8. The Morgan fingerprint density at radius 2 is 2.25 bits per heavy atom. The van der Waals surface area contributed by atoms with E-state index in [0.29, 0.717) is 18.7 Å². The van der Waals surface area contributed by atoms with E-state index in [1.54, 1.807) is 6.33 Å². The first-order valence-corrected chi connectivity index (χ1v) is 6.24. The van der Waals surface area contributed by atoms with Gasteiger partial charge < -0.3 is 9.67 Å². The van der Waals surface area contributed by atoms with E-state index in [9.17, 15) is 9.18 Å². The lowest BCUT2D eigenvalue weighted by atomic mass is 10.1. The Labute approximate surface area is 114 Å². The van der Waals surface area contributed by atoms with Crippen molar-refractivity contribution in [2.75, 3.05) is 6.54 Å². The molecule has 0 atom stereocenters. The average molecular weight is 276 g/mol. The fourth-order valence-corrected chi connectivity index (χ4v) is 2.30. The highest BCUT2D eigenvalue weighted by Crippen LogP contribution is 2.16. The Morgan fingerprint density at radius 1 is 1.40 bits per heavy atom. The second-order valence-corrected chi connectivity index (χ2v) is 4.76. The van der Waals surface area contributed by atoms with Gasteiger partial charge in [0.2, 0.25) is 0 Å². The van der Waals surface area contributed by atoms with Crippen molar-refractivity contribution in [1.82, 2.24) is 19.7 Å². The Kier molecular flexibility index (Phi) is 3.19. The smallest absolute Gasteiger partial charge is 0.335 e. The molecule has 0 amide bonds. The second-order valence-electron chi connectivity index (χ2n) is 4.76. The molecule has 1 aliphatic rings. The van der Waals surface area contributed by atoms with Crippen molar-refractivity contribution in [2.45, 2.75) is 19.6 Å². The van der Waals surface area contributed by atoms with Crippen molar-refractivity contribution in [3.05, 3.63) is 47.3 Å². The second kappa shape index (κ2) is 5.01. The van der Waals surface area contributed by atoms with Crippen molar-refractivity contribution >= 4 is 5.97 Å². The molecule has 104 valence electrons. The number of nitrogens with zero attached hydrogens (tertiary/aromatic N) is 4. The van der Waals surface area contributed by atoms with Crippen LogP contribution in [-0.2, 0) is 19.6 Å². The van der Waals surface area contributed by atoms with E-state index >= 15 is 0 Å². The number of aromatic nitrogens is 3. The van der Waals surface area contributed by atoms with Crippen molar-refractivity contribution in [1.29, 1.82) is 0 Å². The van der Waals surface area contributed by atoms with Crippen LogP contribution in [0.3, 0.4) is 0 Å². The summed E-state index contributed by atoms with van der Waals surface area (Å²) < 4.78 is 15.9. The van der Waals surface area contributed by atoms with Gasteiger partial charge in [0.05, 0.1) is 12.1 Å². The summed E-state index contributed by atoms with van der Waals surface area (Å²) in [5.74, 6) is -0.753. The summed E-state index contributed by atoms with van der Waals surface area (Å²) in [5.41, 5.74) is 0.451. The molecule has 2 aromatic rings. The maximum atomic E-state index is 13.9. The van der Waals surface area contributed by atoms with Crippen LogP contribution < -0.4 is 0 Å². The van der Waals surface area contributed by atoms with Crippen molar-refractivity contribution in [3.63, 3.8) is 0 Å². The maximum Gasteiger partial charge on any atom is 0.335 e. The van der Waals surface area contributed by atoms with Crippen LogP contribution in [0.4, 0.5) is 4.39 Å². The lowest BCUT2D eigenvalue weighted by Crippen LogP contribution is -2.33. The molecule has 0 spiro atoms. The van der Waals surface area contributed by atoms with Gasteiger partial charge in [-0.15, -0.1) is 10.2 Å². The fourth-order valence-electron chi connectivity index (χ4n) is 2.30. The quantitative estimate of drug-likeness (QED) is 0.910. The van der Waals surface area contributed by atoms with Crippen LogP contribution in [0.25, 0.3) is 0 Å². The van der Waals surface area contributed by atoms with Gasteiger partial charge in [-0.2, -0.15) is 0 Å². The first-order chi connectivity index (χ1) is 9.63. The topological polar surface area (TPSA) is 71.2 Å². The number of carbonyl (C=O) groups is 1. The minimum absolute atomic E-state index is 0.0374. The van der Waals surface area contributed by atoms with E-state index < -0.39 is 11.8 Å². The third kappa shape index (κ3) is 2.39. The number of hydrogen-bond donors (Lipinski definition) is 1. The van der Waals surface area contributed by atoms with Gasteiger partial charge in [-0.25, -0.2) is 9.18 Å². The average Bonchev–Trinajstić information content (AvgIpc) is 2.88. The van der Waals surface area contributed by atoms with Gasteiger partial charge in [0, 0.05) is 25.2 Å². The van der Waals surface area contributed by atoms with Crippen LogP contribution in [0.1, 0.15) is 21.7 Å². The molecule has 1 N–H and O–H groups in total. The Morgan fingerprint density at radius 3 is 3.00 bits per heavy atom. The van der Waals surface area contributed by atoms with Crippen molar-refractivity contribution in [3.8, 4) is 0 Å². The number of halogens is 1. The highest BCUT2D eigenvalue weighted by molar-refractivity contribution is 5.87. The minimum atomic E-state index is -1.12. The highest BCUT2D eigenvalue weighted by Gasteiger charge is 2.19. The number of carboxylic acid groups (broad SMARTS) is 1. The van der Waals surface area contributed by atoms with Gasteiger partial charge in [-0.1, -0.05) is 6.07 Å². The van der Waals surface area contributed by atoms with Gasteiger partial charge in [0.1, 0.15) is 18.0 Å². The standard InChI is InChI=1S/C13H13FN4O2/c14-11-5-9(13(19)20)1-2-10(11)6-17-3-4-18-8-15-16-12(18)7-17/h1-2,5,8H,3-4,6-7H2,(H,19,20). The van der Waals surface area contributed by atoms with Crippen molar-refractivity contribution < 1.29 is 14.3 Å². The van der Waals surface area contributed by atoms with E-state index in [0.717, 1.165) is 25.0 Å².